The Kier molecular flexibility index (Phi) is 9.79. The maximum Gasteiger partial charge on any atom is 0.340 e. The summed E-state index contributed by atoms with van der Waals surface area (Å²) in [5.74, 6) is -1.53. The Bertz CT molecular complexity index is 1610. The average Bonchev–Trinajstić information content (AvgIpc) is 3.29. The quantitative estimate of drug-likeness (QED) is 0.114. The minimum atomic E-state index is -1.57. The molecule has 0 unspecified atom stereocenters. The first kappa shape index (κ1) is 32.7. The topological polar surface area (TPSA) is 125 Å². The number of hydrogen-bond acceptors (Lipinski definition) is 8. The monoisotopic (exact) mass is 628 g/mol. The van der Waals surface area contributed by atoms with Crippen LogP contribution in [0.1, 0.15) is 128 Å². The standard InChI is InChI=1S/C37H40O9/c1-5-7-9-11-13-24-17-29-33(20-31(24)43-22(3)38)45-34-21-32(44-23(4)39)25(14-12-10-8-6-2)18-30(34)37(29)28-19-26(35(40)41)15-16-27(28)36(42)46-37/h15-21H,5-14H2,1-4H3,(H,40,41). The van der Waals surface area contributed by atoms with Crippen molar-refractivity contribution in [3.8, 4) is 23.0 Å². The lowest BCUT2D eigenvalue weighted by molar-refractivity contribution is -0.132. The summed E-state index contributed by atoms with van der Waals surface area (Å²) in [6.45, 7) is 6.91. The van der Waals surface area contributed by atoms with Crippen molar-refractivity contribution < 1.29 is 43.2 Å². The molecule has 0 saturated heterocycles. The molecule has 0 aliphatic carbocycles. The van der Waals surface area contributed by atoms with E-state index >= 15 is 0 Å². The summed E-state index contributed by atoms with van der Waals surface area (Å²) in [6.07, 6.45) is 9.09. The van der Waals surface area contributed by atoms with E-state index in [1.165, 1.54) is 32.0 Å². The van der Waals surface area contributed by atoms with Gasteiger partial charge in [-0.05, 0) is 67.1 Å². The second-order valence-electron chi connectivity index (χ2n) is 12.0. The normalized spacial score (nSPS) is 13.7. The third-order valence-electron chi connectivity index (χ3n) is 8.52. The van der Waals surface area contributed by atoms with E-state index in [0.29, 0.717) is 41.0 Å². The van der Waals surface area contributed by atoms with Gasteiger partial charge in [-0.3, -0.25) is 9.59 Å². The Morgan fingerprint density at radius 3 is 1.70 bits per heavy atom. The van der Waals surface area contributed by atoms with E-state index in [0.717, 1.165) is 62.5 Å². The predicted octanol–water partition coefficient (Wildman–Crippen LogP) is 8.05. The number of carbonyl (C=O) groups excluding carboxylic acids is 3. The van der Waals surface area contributed by atoms with Gasteiger partial charge in [0.15, 0.2) is 5.60 Å². The Balaban J connectivity index is 1.77. The molecule has 5 rings (SSSR count). The van der Waals surface area contributed by atoms with Crippen molar-refractivity contribution in [2.45, 2.75) is 97.5 Å². The number of hydrogen-bond donors (Lipinski definition) is 1. The zero-order valence-electron chi connectivity index (χ0n) is 26.8. The van der Waals surface area contributed by atoms with Crippen LogP contribution in [0.2, 0.25) is 0 Å². The molecule has 9 heteroatoms. The van der Waals surface area contributed by atoms with E-state index in [9.17, 15) is 24.3 Å². The molecule has 0 atom stereocenters. The van der Waals surface area contributed by atoms with E-state index in [1.54, 1.807) is 12.1 Å². The molecule has 0 amide bonds. The second-order valence-corrected chi connectivity index (χ2v) is 12.0. The third-order valence-corrected chi connectivity index (χ3v) is 8.52. The minimum absolute atomic E-state index is 0.00124. The van der Waals surface area contributed by atoms with E-state index in [2.05, 4.69) is 13.8 Å². The van der Waals surface area contributed by atoms with E-state index < -0.39 is 29.5 Å². The number of carboxylic acid groups (broad SMARTS) is 1. The smallest absolute Gasteiger partial charge is 0.340 e. The number of carbonyl (C=O) groups is 4. The molecule has 0 saturated carbocycles. The van der Waals surface area contributed by atoms with Crippen LogP contribution in [-0.4, -0.2) is 29.0 Å². The zero-order valence-corrected chi connectivity index (χ0v) is 26.8. The number of carboxylic acids is 1. The number of fused-ring (bicyclic) bond motifs is 6. The predicted molar refractivity (Wildman–Crippen MR) is 170 cm³/mol. The van der Waals surface area contributed by atoms with Gasteiger partial charge in [-0.1, -0.05) is 52.4 Å². The molecule has 9 nitrogen and oxygen atoms in total. The number of esters is 3. The number of benzene rings is 3. The first-order chi connectivity index (χ1) is 22.1. The molecule has 46 heavy (non-hydrogen) atoms. The summed E-state index contributed by atoms with van der Waals surface area (Å²) in [5.41, 5.74) is 1.52. The van der Waals surface area contributed by atoms with Crippen molar-refractivity contribution in [2.24, 2.45) is 0 Å². The van der Waals surface area contributed by atoms with Crippen LogP contribution in [0.5, 0.6) is 23.0 Å². The van der Waals surface area contributed by atoms with Gasteiger partial charge in [-0.15, -0.1) is 0 Å². The van der Waals surface area contributed by atoms with E-state index in [1.807, 2.05) is 12.1 Å². The van der Waals surface area contributed by atoms with Gasteiger partial charge < -0.3 is 24.1 Å². The van der Waals surface area contributed by atoms with Crippen molar-refractivity contribution in [1.29, 1.82) is 0 Å². The van der Waals surface area contributed by atoms with Gasteiger partial charge in [0, 0.05) is 42.7 Å². The number of rotatable bonds is 13. The minimum Gasteiger partial charge on any atom is -0.478 e. The largest absolute Gasteiger partial charge is 0.478 e. The Morgan fingerprint density at radius 2 is 1.24 bits per heavy atom. The van der Waals surface area contributed by atoms with Crippen LogP contribution in [-0.2, 0) is 32.8 Å². The van der Waals surface area contributed by atoms with Crippen molar-refractivity contribution in [1.82, 2.24) is 0 Å². The fraction of sp³-hybridized carbons (Fsp3) is 0.405. The average molecular weight is 629 g/mol. The Labute approximate surface area is 268 Å². The highest BCUT2D eigenvalue weighted by Gasteiger charge is 2.54. The van der Waals surface area contributed by atoms with Crippen LogP contribution in [0.15, 0.2) is 42.5 Å². The van der Waals surface area contributed by atoms with Gasteiger partial charge in [-0.25, -0.2) is 9.59 Å². The van der Waals surface area contributed by atoms with Crippen LogP contribution < -0.4 is 14.2 Å². The first-order valence-electron chi connectivity index (χ1n) is 16.1. The van der Waals surface area contributed by atoms with Crippen LogP contribution >= 0.6 is 0 Å². The van der Waals surface area contributed by atoms with E-state index in [4.69, 9.17) is 18.9 Å². The van der Waals surface area contributed by atoms with Crippen molar-refractivity contribution in [2.75, 3.05) is 0 Å². The van der Waals surface area contributed by atoms with Gasteiger partial charge in [0.25, 0.3) is 0 Å². The molecule has 0 radical (unpaired) electrons. The lowest BCUT2D eigenvalue weighted by atomic mass is 9.75. The highest BCUT2D eigenvalue weighted by atomic mass is 16.6. The third kappa shape index (κ3) is 6.36. The lowest BCUT2D eigenvalue weighted by Crippen LogP contribution is -2.33. The molecule has 2 aliphatic heterocycles. The molecule has 1 spiro atoms. The number of unbranched alkanes of at least 4 members (excludes halogenated alkanes) is 6. The molecule has 0 fully saturated rings. The number of aryl methyl sites for hydroxylation is 2. The SMILES string of the molecule is CCCCCCc1cc2c(cc1OC(C)=O)Oc1cc(OC(C)=O)c(CCCCCC)cc1C21OC(=O)c2ccc(C(=O)O)cc21. The van der Waals surface area contributed by atoms with Gasteiger partial charge in [0.2, 0.25) is 0 Å². The summed E-state index contributed by atoms with van der Waals surface area (Å²) in [5, 5.41) is 9.92. The van der Waals surface area contributed by atoms with Crippen LogP contribution in [0, 0.1) is 0 Å². The number of ether oxygens (including phenoxy) is 4. The molecule has 3 aromatic rings. The fourth-order valence-corrected chi connectivity index (χ4v) is 6.37. The molecule has 0 aromatic heterocycles. The van der Waals surface area contributed by atoms with E-state index in [-0.39, 0.29) is 22.6 Å². The van der Waals surface area contributed by atoms with Gasteiger partial charge >= 0.3 is 23.9 Å². The molecule has 1 N–H and O–H groups in total. The van der Waals surface area contributed by atoms with Crippen LogP contribution in [0.3, 0.4) is 0 Å². The van der Waals surface area contributed by atoms with Crippen molar-refractivity contribution in [3.05, 3.63) is 81.4 Å². The van der Waals surface area contributed by atoms with Crippen LogP contribution in [0.4, 0.5) is 0 Å². The van der Waals surface area contributed by atoms with Crippen molar-refractivity contribution >= 4 is 23.9 Å². The van der Waals surface area contributed by atoms with Gasteiger partial charge in [0.05, 0.1) is 11.1 Å². The molecular weight excluding hydrogens is 588 g/mol. The maximum atomic E-state index is 13.6. The van der Waals surface area contributed by atoms with Crippen molar-refractivity contribution in [3.63, 3.8) is 0 Å². The molecule has 242 valence electrons. The van der Waals surface area contributed by atoms with Crippen LogP contribution in [0.25, 0.3) is 0 Å². The summed E-state index contributed by atoms with van der Waals surface area (Å²) in [6, 6.07) is 11.3. The molecular formula is C37H40O9. The highest BCUT2D eigenvalue weighted by Crippen LogP contribution is 2.58. The molecule has 2 aliphatic rings. The lowest BCUT2D eigenvalue weighted by Gasteiger charge is -2.37. The fourth-order valence-electron chi connectivity index (χ4n) is 6.37. The zero-order chi connectivity index (χ0) is 33.0. The van der Waals surface area contributed by atoms with Gasteiger partial charge in [-0.2, -0.15) is 0 Å². The molecule has 2 heterocycles. The number of aromatic carboxylic acids is 1. The molecule has 3 aromatic carbocycles. The summed E-state index contributed by atoms with van der Waals surface area (Å²) < 4.78 is 24.1. The summed E-state index contributed by atoms with van der Waals surface area (Å²) >= 11 is 0. The maximum absolute atomic E-state index is 13.6. The highest BCUT2D eigenvalue weighted by molar-refractivity contribution is 5.99. The molecule has 0 bridgehead atoms. The summed E-state index contributed by atoms with van der Waals surface area (Å²) in [4.78, 5) is 50.0. The Hall–Kier alpha value is -4.66. The first-order valence-corrected chi connectivity index (χ1v) is 16.1. The second kappa shape index (κ2) is 13.8. The summed E-state index contributed by atoms with van der Waals surface area (Å²) in [7, 11) is 0. The van der Waals surface area contributed by atoms with Gasteiger partial charge in [0.1, 0.15) is 23.0 Å². The Morgan fingerprint density at radius 1 is 0.717 bits per heavy atom.